The van der Waals surface area contributed by atoms with E-state index in [9.17, 15) is 46.6 Å². The molecule has 0 bridgehead atoms. The zero-order valence-corrected chi connectivity index (χ0v) is 17.0. The summed E-state index contributed by atoms with van der Waals surface area (Å²) in [6.07, 6.45) is -10.7. The van der Waals surface area contributed by atoms with E-state index in [1.165, 1.54) is 0 Å². The van der Waals surface area contributed by atoms with Crippen LogP contribution >= 0.6 is 46.4 Å². The van der Waals surface area contributed by atoms with Crippen LogP contribution in [0.1, 0.15) is 11.1 Å². The molecular weight excluding hydrogens is 530 g/mol. The van der Waals surface area contributed by atoms with E-state index in [4.69, 9.17) is 46.4 Å². The third-order valence-corrected chi connectivity index (χ3v) is 5.32. The highest BCUT2D eigenvalue weighted by Gasteiger charge is 2.42. The van der Waals surface area contributed by atoms with Gasteiger partial charge in [0.25, 0.3) is 11.4 Å². The molecule has 0 fully saturated rings. The molecule has 0 aromatic heterocycles. The van der Waals surface area contributed by atoms with Crippen LogP contribution in [0.3, 0.4) is 0 Å². The highest BCUT2D eigenvalue weighted by molar-refractivity contribution is 6.51. The number of hydrogen-bond donors (Lipinski definition) is 1. The topological polar surface area (TPSA) is 98.3 Å². The van der Waals surface area contributed by atoms with Gasteiger partial charge in [-0.1, -0.05) is 46.4 Å². The molecule has 31 heavy (non-hydrogen) atoms. The molecule has 0 aliphatic heterocycles. The van der Waals surface area contributed by atoms with Gasteiger partial charge >= 0.3 is 12.4 Å². The Labute approximate surface area is 186 Å². The van der Waals surface area contributed by atoms with Gasteiger partial charge in [0.2, 0.25) is 0 Å². The SMILES string of the molecule is O=[N+]([O-])c1cc([N+](=O)[O-])c(Nc2c(Cl)c(Cl)c(Cl)c(C(F)(F)F)c2Cl)c(C(F)(F)F)c1. The van der Waals surface area contributed by atoms with Gasteiger partial charge in [-0.15, -0.1) is 0 Å². The van der Waals surface area contributed by atoms with Crippen molar-refractivity contribution in [1.29, 1.82) is 0 Å². The molecule has 0 unspecified atom stereocenters. The number of nitro groups is 2. The molecule has 17 heteroatoms. The summed E-state index contributed by atoms with van der Waals surface area (Å²) >= 11 is 22.5. The summed E-state index contributed by atoms with van der Waals surface area (Å²) < 4.78 is 80.3. The second-order valence-corrected chi connectivity index (χ2v) is 7.04. The molecule has 7 nitrogen and oxygen atoms in total. The standard InChI is InChI=1S/C14H3Cl4F6N3O4/c15-7-6(14(22,23)24)8(16)12(10(18)9(7)17)25-11-4(13(19,20)21)1-3(26(28)29)2-5(11)27(30)31/h1-2,25H. The molecule has 0 radical (unpaired) electrons. The number of nitro benzene ring substituents is 2. The molecule has 168 valence electrons. The summed E-state index contributed by atoms with van der Waals surface area (Å²) in [5.41, 5.74) is -9.06. The minimum Gasteiger partial charge on any atom is -0.347 e. The van der Waals surface area contributed by atoms with Gasteiger partial charge in [-0.25, -0.2) is 0 Å². The van der Waals surface area contributed by atoms with Crippen LogP contribution in [0.15, 0.2) is 12.1 Å². The van der Waals surface area contributed by atoms with E-state index in [1.807, 2.05) is 0 Å². The fourth-order valence-electron chi connectivity index (χ4n) is 2.33. The lowest BCUT2D eigenvalue weighted by atomic mass is 10.1. The molecule has 2 aromatic rings. The van der Waals surface area contributed by atoms with Crippen molar-refractivity contribution in [2.24, 2.45) is 0 Å². The maximum absolute atomic E-state index is 13.5. The Bertz CT molecular complexity index is 1110. The molecule has 0 saturated heterocycles. The molecular formula is C14H3Cl4F6N3O4. The number of alkyl halides is 6. The number of benzene rings is 2. The predicted molar refractivity (Wildman–Crippen MR) is 99.5 cm³/mol. The van der Waals surface area contributed by atoms with Crippen LogP contribution in [-0.2, 0) is 12.4 Å². The Balaban J connectivity index is 2.93. The van der Waals surface area contributed by atoms with Crippen molar-refractivity contribution >= 4 is 69.2 Å². The minimum absolute atomic E-state index is 0.0562. The van der Waals surface area contributed by atoms with Gasteiger partial charge in [0.05, 0.1) is 52.8 Å². The maximum atomic E-state index is 13.5. The highest BCUT2D eigenvalue weighted by Crippen LogP contribution is 2.52. The van der Waals surface area contributed by atoms with Gasteiger partial charge in [0.15, 0.2) is 0 Å². The van der Waals surface area contributed by atoms with Gasteiger partial charge in [-0.05, 0) is 0 Å². The van der Waals surface area contributed by atoms with E-state index in [0.29, 0.717) is 0 Å². The molecule has 0 atom stereocenters. The second kappa shape index (κ2) is 8.37. The maximum Gasteiger partial charge on any atom is 0.419 e. The van der Waals surface area contributed by atoms with Crippen molar-refractivity contribution in [1.82, 2.24) is 0 Å². The lowest BCUT2D eigenvalue weighted by Crippen LogP contribution is -2.13. The summed E-state index contributed by atoms with van der Waals surface area (Å²) in [6.45, 7) is 0. The van der Waals surface area contributed by atoms with E-state index >= 15 is 0 Å². The molecule has 0 spiro atoms. The average Bonchev–Trinajstić information content (AvgIpc) is 2.60. The summed E-state index contributed by atoms with van der Waals surface area (Å²) in [7, 11) is 0. The van der Waals surface area contributed by atoms with Crippen LogP contribution in [0.5, 0.6) is 0 Å². The number of anilines is 2. The van der Waals surface area contributed by atoms with Gasteiger partial charge in [-0.2, -0.15) is 26.3 Å². The van der Waals surface area contributed by atoms with E-state index < -0.39 is 76.2 Å². The Morgan fingerprint density at radius 1 is 0.742 bits per heavy atom. The van der Waals surface area contributed by atoms with Crippen molar-refractivity contribution in [3.05, 3.63) is 63.6 Å². The van der Waals surface area contributed by atoms with Crippen LogP contribution in [0.25, 0.3) is 0 Å². The van der Waals surface area contributed by atoms with Gasteiger partial charge < -0.3 is 5.32 Å². The number of rotatable bonds is 4. The van der Waals surface area contributed by atoms with Crippen molar-refractivity contribution in [2.45, 2.75) is 12.4 Å². The molecule has 0 saturated carbocycles. The van der Waals surface area contributed by atoms with Crippen LogP contribution < -0.4 is 5.32 Å². The number of nitrogens with one attached hydrogen (secondary N) is 1. The third-order valence-electron chi connectivity index (χ3n) is 3.61. The number of hydrogen-bond acceptors (Lipinski definition) is 5. The van der Waals surface area contributed by atoms with Gasteiger partial charge in [-0.3, -0.25) is 20.2 Å². The lowest BCUT2D eigenvalue weighted by molar-refractivity contribution is -0.394. The first kappa shape index (κ1) is 25.0. The molecule has 2 aromatic carbocycles. The minimum atomic E-state index is -5.42. The lowest BCUT2D eigenvalue weighted by Gasteiger charge is -2.20. The summed E-state index contributed by atoms with van der Waals surface area (Å²) in [5.74, 6) is 0. The largest absolute Gasteiger partial charge is 0.419 e. The van der Waals surface area contributed by atoms with Crippen LogP contribution in [-0.4, -0.2) is 9.85 Å². The summed E-state index contributed by atoms with van der Waals surface area (Å²) in [5, 5.41) is 19.5. The average molecular weight is 533 g/mol. The van der Waals surface area contributed by atoms with Crippen molar-refractivity contribution in [3.8, 4) is 0 Å². The Hall–Kier alpha value is -2.22. The monoisotopic (exact) mass is 531 g/mol. The second-order valence-electron chi connectivity index (χ2n) is 5.53. The normalized spacial score (nSPS) is 12.1. The van der Waals surface area contributed by atoms with E-state index in [0.717, 1.165) is 0 Å². The van der Waals surface area contributed by atoms with Crippen molar-refractivity contribution in [2.75, 3.05) is 5.32 Å². The number of non-ortho nitro benzene ring substituents is 1. The molecule has 1 N–H and O–H groups in total. The molecule has 2 rings (SSSR count). The van der Waals surface area contributed by atoms with Crippen molar-refractivity contribution in [3.63, 3.8) is 0 Å². The molecule has 0 aliphatic rings. The Morgan fingerprint density at radius 2 is 1.29 bits per heavy atom. The van der Waals surface area contributed by atoms with Crippen LogP contribution in [0.2, 0.25) is 20.1 Å². The zero-order valence-electron chi connectivity index (χ0n) is 14.0. The summed E-state index contributed by atoms with van der Waals surface area (Å²) in [4.78, 5) is 19.4. The Kier molecular flexibility index (Phi) is 6.76. The fourth-order valence-corrected chi connectivity index (χ4v) is 3.54. The summed E-state index contributed by atoms with van der Waals surface area (Å²) in [6, 6.07) is 0.112. The smallest absolute Gasteiger partial charge is 0.347 e. The number of nitrogens with zero attached hydrogens (tertiary/aromatic N) is 2. The van der Waals surface area contributed by atoms with E-state index in [1.54, 1.807) is 5.32 Å². The van der Waals surface area contributed by atoms with Gasteiger partial charge in [0, 0.05) is 6.07 Å². The first-order valence-electron chi connectivity index (χ1n) is 7.22. The van der Waals surface area contributed by atoms with Crippen molar-refractivity contribution < 1.29 is 36.2 Å². The van der Waals surface area contributed by atoms with E-state index in [2.05, 4.69) is 0 Å². The Morgan fingerprint density at radius 3 is 1.71 bits per heavy atom. The fraction of sp³-hybridized carbons (Fsp3) is 0.143. The first-order valence-corrected chi connectivity index (χ1v) is 8.73. The highest BCUT2D eigenvalue weighted by atomic mass is 35.5. The van der Waals surface area contributed by atoms with Gasteiger partial charge in [0.1, 0.15) is 5.69 Å². The zero-order chi connectivity index (χ0) is 24.0. The van der Waals surface area contributed by atoms with Crippen LogP contribution in [0, 0.1) is 20.2 Å². The first-order chi connectivity index (χ1) is 14.0. The quantitative estimate of drug-likeness (QED) is 0.142. The molecule has 0 heterocycles. The predicted octanol–water partition coefficient (Wildman–Crippen LogP) is 7.90. The third kappa shape index (κ3) is 4.84. The molecule has 0 aliphatic carbocycles. The van der Waals surface area contributed by atoms with E-state index in [-0.39, 0.29) is 12.1 Å². The molecule has 0 amide bonds. The van der Waals surface area contributed by atoms with Crippen LogP contribution in [0.4, 0.5) is 49.1 Å². The number of halogens is 10.